The number of amides is 1. The van der Waals surface area contributed by atoms with Crippen molar-refractivity contribution < 1.29 is 18.3 Å². The lowest BCUT2D eigenvalue weighted by Gasteiger charge is -2.12. The number of carbonyl (C=O) groups excluding carboxylic acids is 1. The average Bonchev–Trinajstić information content (AvgIpc) is 3.18. The van der Waals surface area contributed by atoms with Crippen LogP contribution in [0.5, 0.6) is 5.75 Å². The van der Waals surface area contributed by atoms with Crippen LogP contribution in [0.3, 0.4) is 0 Å². The summed E-state index contributed by atoms with van der Waals surface area (Å²) in [4.78, 5) is 12.0. The van der Waals surface area contributed by atoms with E-state index in [9.17, 15) is 9.18 Å². The maximum atomic E-state index is 12.9. The first-order valence-corrected chi connectivity index (χ1v) is 10.4. The van der Waals surface area contributed by atoms with Gasteiger partial charge < -0.3 is 14.5 Å². The summed E-state index contributed by atoms with van der Waals surface area (Å²) in [5.41, 5.74) is 1.44. The van der Waals surface area contributed by atoms with E-state index >= 15 is 0 Å². The van der Waals surface area contributed by atoms with Crippen molar-refractivity contribution in [2.45, 2.75) is 50.4 Å². The number of hydrogen-bond acceptors (Lipinski definition) is 6. The summed E-state index contributed by atoms with van der Waals surface area (Å²) in [5, 5.41) is 11.1. The zero-order valence-corrected chi connectivity index (χ0v) is 16.6. The van der Waals surface area contributed by atoms with Crippen LogP contribution < -0.4 is 10.1 Å². The van der Waals surface area contributed by atoms with Crippen LogP contribution in [0.2, 0.25) is 0 Å². The number of nitrogens with zero attached hydrogens (tertiary/aromatic N) is 2. The van der Waals surface area contributed by atoms with E-state index in [1.807, 2.05) is 0 Å². The van der Waals surface area contributed by atoms with Crippen LogP contribution in [-0.2, 0) is 4.79 Å². The summed E-state index contributed by atoms with van der Waals surface area (Å²) < 4.78 is 24.1. The quantitative estimate of drug-likeness (QED) is 0.491. The Balaban J connectivity index is 1.39. The van der Waals surface area contributed by atoms with Crippen molar-refractivity contribution in [3.05, 3.63) is 47.6 Å². The molecule has 6 nitrogen and oxygen atoms in total. The molecule has 3 rings (SSSR count). The van der Waals surface area contributed by atoms with Crippen LogP contribution in [0.1, 0.15) is 51.0 Å². The minimum atomic E-state index is -0.482. The molecule has 28 heavy (non-hydrogen) atoms. The molecule has 0 radical (unpaired) electrons. The normalized spacial score (nSPS) is 15.0. The molecular weight excluding hydrogens is 381 g/mol. The molecule has 0 spiro atoms. The number of nitrogens with one attached hydrogen (secondary N) is 1. The Morgan fingerprint density at radius 2 is 2.14 bits per heavy atom. The van der Waals surface area contributed by atoms with E-state index in [0.29, 0.717) is 23.4 Å². The number of thioether (sulfide) groups is 1. The summed E-state index contributed by atoms with van der Waals surface area (Å²) in [7, 11) is 0. The predicted molar refractivity (Wildman–Crippen MR) is 105 cm³/mol. The molecule has 0 saturated carbocycles. The van der Waals surface area contributed by atoms with Crippen LogP contribution in [0.15, 0.2) is 45.6 Å². The molecule has 0 fully saturated rings. The van der Waals surface area contributed by atoms with Gasteiger partial charge in [0.05, 0.1) is 5.75 Å². The molecule has 1 aliphatic carbocycles. The number of halogens is 1. The summed E-state index contributed by atoms with van der Waals surface area (Å²) in [5.74, 6) is 0.640. The fourth-order valence-electron chi connectivity index (χ4n) is 2.88. The molecule has 1 aromatic carbocycles. The highest BCUT2D eigenvalue weighted by Crippen LogP contribution is 2.24. The zero-order chi connectivity index (χ0) is 19.8. The third-order valence-electron chi connectivity index (χ3n) is 4.38. The molecule has 1 aliphatic rings. The molecule has 1 aromatic heterocycles. The van der Waals surface area contributed by atoms with E-state index in [-0.39, 0.29) is 17.5 Å². The molecule has 0 bridgehead atoms. The monoisotopic (exact) mass is 405 g/mol. The second-order valence-electron chi connectivity index (χ2n) is 6.62. The number of allylic oxidation sites excluding steroid dienone is 1. The molecule has 1 atom stereocenters. The maximum absolute atomic E-state index is 12.9. The highest BCUT2D eigenvalue weighted by Gasteiger charge is 2.17. The molecule has 1 heterocycles. The minimum Gasteiger partial charge on any atom is -0.481 e. The van der Waals surface area contributed by atoms with Crippen molar-refractivity contribution in [3.63, 3.8) is 0 Å². The van der Waals surface area contributed by atoms with Crippen molar-refractivity contribution in [1.82, 2.24) is 15.5 Å². The molecule has 0 saturated heterocycles. The van der Waals surface area contributed by atoms with Crippen LogP contribution in [0.4, 0.5) is 4.39 Å². The fourth-order valence-corrected chi connectivity index (χ4v) is 3.48. The zero-order valence-electron chi connectivity index (χ0n) is 15.8. The molecule has 1 N–H and O–H groups in total. The Labute approximate surface area is 167 Å². The molecule has 0 aliphatic heterocycles. The van der Waals surface area contributed by atoms with E-state index in [4.69, 9.17) is 9.15 Å². The maximum Gasteiger partial charge on any atom is 0.277 e. The van der Waals surface area contributed by atoms with E-state index in [0.717, 1.165) is 19.3 Å². The van der Waals surface area contributed by atoms with Gasteiger partial charge in [0, 0.05) is 6.54 Å². The summed E-state index contributed by atoms with van der Waals surface area (Å²) in [6, 6.07) is 5.71. The summed E-state index contributed by atoms with van der Waals surface area (Å²) in [6.07, 6.45) is 7.55. The van der Waals surface area contributed by atoms with Gasteiger partial charge in [-0.25, -0.2) is 4.39 Å². The minimum absolute atomic E-state index is 0.0585. The van der Waals surface area contributed by atoms with Gasteiger partial charge in [0.15, 0.2) is 6.10 Å². The lowest BCUT2D eigenvalue weighted by Crippen LogP contribution is -2.26. The molecule has 2 aromatic rings. The highest BCUT2D eigenvalue weighted by atomic mass is 32.2. The van der Waals surface area contributed by atoms with Crippen molar-refractivity contribution >= 4 is 17.7 Å². The predicted octanol–water partition coefficient (Wildman–Crippen LogP) is 4.45. The summed E-state index contributed by atoms with van der Waals surface area (Å²) >= 11 is 1.19. The van der Waals surface area contributed by atoms with Gasteiger partial charge in [0.2, 0.25) is 5.91 Å². The Hall–Kier alpha value is -2.35. The van der Waals surface area contributed by atoms with Crippen molar-refractivity contribution in [2.24, 2.45) is 0 Å². The van der Waals surface area contributed by atoms with Gasteiger partial charge in [-0.05, 0) is 63.3 Å². The van der Waals surface area contributed by atoms with Gasteiger partial charge in [-0.15, -0.1) is 10.2 Å². The summed E-state index contributed by atoms with van der Waals surface area (Å²) in [6.45, 7) is 2.42. The van der Waals surface area contributed by atoms with E-state index in [1.165, 1.54) is 54.4 Å². The third-order valence-corrected chi connectivity index (χ3v) is 5.19. The molecule has 150 valence electrons. The third kappa shape index (κ3) is 6.37. The smallest absolute Gasteiger partial charge is 0.277 e. The largest absolute Gasteiger partial charge is 0.481 e. The fraction of sp³-hybridized carbons (Fsp3) is 0.450. The Bertz CT molecular complexity index is 807. The van der Waals surface area contributed by atoms with Crippen LogP contribution >= 0.6 is 11.8 Å². The van der Waals surface area contributed by atoms with E-state index in [2.05, 4.69) is 21.6 Å². The molecule has 1 unspecified atom stereocenters. The van der Waals surface area contributed by atoms with Gasteiger partial charge in [0.25, 0.3) is 11.1 Å². The van der Waals surface area contributed by atoms with Gasteiger partial charge >= 0.3 is 0 Å². The lowest BCUT2D eigenvalue weighted by atomic mass is 9.97. The molecular formula is C20H24FN3O3S. The standard InChI is InChI=1S/C20H24FN3O3S/c1-14(26-17-9-7-16(21)8-10-17)19-23-24-20(27-19)28-13-18(25)22-12-11-15-5-3-2-4-6-15/h5,7-10,14H,2-4,6,11-13H2,1H3,(H,22,25). The SMILES string of the molecule is CC(Oc1ccc(F)cc1)c1nnc(SCC(=O)NCCC2=CCCCC2)o1. The van der Waals surface area contributed by atoms with Crippen molar-refractivity contribution in [3.8, 4) is 5.75 Å². The number of aromatic nitrogens is 2. The number of hydrogen-bond donors (Lipinski definition) is 1. The topological polar surface area (TPSA) is 77.2 Å². The first kappa shape index (κ1) is 20.4. The first-order chi connectivity index (χ1) is 13.6. The molecule has 1 amide bonds. The Morgan fingerprint density at radius 3 is 2.89 bits per heavy atom. The average molecular weight is 405 g/mol. The second kappa shape index (κ2) is 10.3. The van der Waals surface area contributed by atoms with Crippen LogP contribution in [0.25, 0.3) is 0 Å². The second-order valence-corrected chi connectivity index (χ2v) is 7.54. The Morgan fingerprint density at radius 1 is 1.32 bits per heavy atom. The van der Waals surface area contributed by atoms with Crippen molar-refractivity contribution in [2.75, 3.05) is 12.3 Å². The van der Waals surface area contributed by atoms with Gasteiger partial charge in [-0.2, -0.15) is 0 Å². The Kier molecular flexibility index (Phi) is 7.47. The van der Waals surface area contributed by atoms with E-state index in [1.54, 1.807) is 6.92 Å². The van der Waals surface area contributed by atoms with Gasteiger partial charge in [-0.3, -0.25) is 4.79 Å². The van der Waals surface area contributed by atoms with Crippen LogP contribution in [-0.4, -0.2) is 28.4 Å². The number of ether oxygens (including phenoxy) is 1. The van der Waals surface area contributed by atoms with Gasteiger partial charge in [-0.1, -0.05) is 23.4 Å². The lowest BCUT2D eigenvalue weighted by molar-refractivity contribution is -0.118. The number of rotatable bonds is 9. The van der Waals surface area contributed by atoms with Crippen molar-refractivity contribution in [1.29, 1.82) is 0 Å². The molecule has 8 heteroatoms. The number of carbonyl (C=O) groups is 1. The van der Waals surface area contributed by atoms with Gasteiger partial charge in [0.1, 0.15) is 11.6 Å². The van der Waals surface area contributed by atoms with Crippen LogP contribution in [0, 0.1) is 5.82 Å². The first-order valence-electron chi connectivity index (χ1n) is 9.43. The highest BCUT2D eigenvalue weighted by molar-refractivity contribution is 7.99. The number of benzene rings is 1. The van der Waals surface area contributed by atoms with E-state index < -0.39 is 6.10 Å².